The highest BCUT2D eigenvalue weighted by molar-refractivity contribution is 6.08. The number of nitrogens with zero attached hydrogens (tertiary/aromatic N) is 2. The van der Waals surface area contributed by atoms with Crippen LogP contribution in [0.3, 0.4) is 0 Å². The Morgan fingerprint density at radius 3 is 2.46 bits per heavy atom. The first-order chi connectivity index (χ1) is 18.3. The van der Waals surface area contributed by atoms with Crippen LogP contribution >= 0.6 is 0 Å². The summed E-state index contributed by atoms with van der Waals surface area (Å²) in [5.41, 5.74) is 1.27. The maximum absolute atomic E-state index is 13.4. The number of H-pyrrole nitrogens is 1. The van der Waals surface area contributed by atoms with Gasteiger partial charge in [0.25, 0.3) is 11.5 Å². The first-order valence-corrected chi connectivity index (χ1v) is 13.2. The molecule has 1 aliphatic heterocycles. The van der Waals surface area contributed by atoms with E-state index in [4.69, 9.17) is 4.74 Å². The number of methoxy groups -OCH3 is 1. The number of rotatable bonds is 8. The number of aromatic amines is 1. The molecule has 0 aliphatic carbocycles. The molecule has 1 aliphatic rings. The summed E-state index contributed by atoms with van der Waals surface area (Å²) >= 11 is 0. The minimum Gasteiger partial charge on any atom is -0.496 e. The zero-order valence-corrected chi connectivity index (χ0v) is 23.2. The minimum atomic E-state index is -4.24. The third-order valence-corrected chi connectivity index (χ3v) is 7.87. The molecule has 0 radical (unpaired) electrons. The van der Waals surface area contributed by atoms with Crippen LogP contribution in [0.5, 0.6) is 5.75 Å². The quantitative estimate of drug-likeness (QED) is 0.408. The van der Waals surface area contributed by atoms with E-state index in [1.165, 1.54) is 21.0 Å². The molecular weight excluding hydrogens is 509 g/mol. The molecule has 1 aromatic carbocycles. The monoisotopic (exact) mass is 546 g/mol. The van der Waals surface area contributed by atoms with E-state index in [-0.39, 0.29) is 30.5 Å². The Balaban J connectivity index is 1.50. The van der Waals surface area contributed by atoms with Gasteiger partial charge in [-0.2, -0.15) is 13.2 Å². The van der Waals surface area contributed by atoms with Gasteiger partial charge >= 0.3 is 6.18 Å². The van der Waals surface area contributed by atoms with Crippen LogP contribution in [0.4, 0.5) is 13.2 Å². The molecule has 0 spiro atoms. The molecule has 3 heterocycles. The van der Waals surface area contributed by atoms with Crippen molar-refractivity contribution in [1.82, 2.24) is 19.8 Å². The van der Waals surface area contributed by atoms with Crippen LogP contribution in [0.2, 0.25) is 0 Å². The number of piperidine rings is 1. The van der Waals surface area contributed by atoms with Crippen LogP contribution in [0.1, 0.15) is 54.0 Å². The van der Waals surface area contributed by atoms with E-state index in [1.807, 2.05) is 36.1 Å². The van der Waals surface area contributed by atoms with Crippen LogP contribution in [0, 0.1) is 25.2 Å². The van der Waals surface area contributed by atoms with Crippen molar-refractivity contribution >= 4 is 16.8 Å². The van der Waals surface area contributed by atoms with Gasteiger partial charge in [0, 0.05) is 35.4 Å². The lowest BCUT2D eigenvalue weighted by Crippen LogP contribution is -2.46. The van der Waals surface area contributed by atoms with E-state index >= 15 is 0 Å². The Hall–Kier alpha value is -3.27. The predicted octanol–water partition coefficient (Wildman–Crippen LogP) is 5.19. The maximum Gasteiger partial charge on any atom is 0.395 e. The molecule has 1 fully saturated rings. The fourth-order valence-electron chi connectivity index (χ4n) is 5.48. The van der Waals surface area contributed by atoms with Crippen molar-refractivity contribution in [2.75, 3.05) is 26.7 Å². The highest BCUT2D eigenvalue weighted by Gasteiger charge is 2.48. The summed E-state index contributed by atoms with van der Waals surface area (Å²) in [5.74, 6) is 0.422. The lowest BCUT2D eigenvalue weighted by Gasteiger charge is -2.38. The number of para-hydroxylation sites is 1. The topological polar surface area (TPSA) is 79.4 Å². The summed E-state index contributed by atoms with van der Waals surface area (Å²) < 4.78 is 47.5. The van der Waals surface area contributed by atoms with E-state index in [0.717, 1.165) is 29.4 Å². The lowest BCUT2D eigenvalue weighted by atomic mass is 9.89. The fraction of sp³-hybridized carbons (Fsp3) is 0.517. The van der Waals surface area contributed by atoms with Gasteiger partial charge < -0.3 is 24.5 Å². The molecular formula is C29H37F3N4O3. The minimum absolute atomic E-state index is 0.00633. The van der Waals surface area contributed by atoms with Crippen LogP contribution in [-0.2, 0) is 13.1 Å². The number of halogens is 3. The molecule has 7 nitrogen and oxygen atoms in total. The van der Waals surface area contributed by atoms with Crippen molar-refractivity contribution in [3.63, 3.8) is 0 Å². The van der Waals surface area contributed by atoms with Crippen molar-refractivity contribution in [1.29, 1.82) is 0 Å². The third-order valence-electron chi connectivity index (χ3n) is 7.87. The van der Waals surface area contributed by atoms with E-state index in [2.05, 4.69) is 14.9 Å². The van der Waals surface area contributed by atoms with Gasteiger partial charge in [-0.05, 0) is 71.7 Å². The van der Waals surface area contributed by atoms with Gasteiger partial charge in [0.15, 0.2) is 0 Å². The largest absolute Gasteiger partial charge is 0.496 e. The first kappa shape index (κ1) is 28.7. The van der Waals surface area contributed by atoms with Gasteiger partial charge in [-0.25, -0.2) is 0 Å². The zero-order chi connectivity index (χ0) is 28.5. The van der Waals surface area contributed by atoms with Gasteiger partial charge in [0.1, 0.15) is 5.75 Å². The van der Waals surface area contributed by atoms with Crippen molar-refractivity contribution in [3.05, 3.63) is 63.2 Å². The third kappa shape index (κ3) is 6.00. The van der Waals surface area contributed by atoms with Gasteiger partial charge in [0.2, 0.25) is 0 Å². The number of benzene rings is 1. The summed E-state index contributed by atoms with van der Waals surface area (Å²) in [7, 11) is 1.49. The lowest BCUT2D eigenvalue weighted by molar-refractivity contribution is -0.217. The SMILES string of the molecule is COc1cc(C)[nH]c(=O)c1CNC(=O)c1c(C)n(CC2CCN(CC(C)(C)C(F)(F)F)CC2)c2ccccc12. The number of carbonyl (C=O) groups is 1. The number of ether oxygens (including phenoxy) is 1. The summed E-state index contributed by atoms with van der Waals surface area (Å²) in [6.45, 7) is 8.11. The Kier molecular flexibility index (Phi) is 8.16. The molecule has 3 aromatic rings. The molecule has 4 rings (SSSR count). The molecule has 10 heteroatoms. The average molecular weight is 547 g/mol. The molecule has 0 bridgehead atoms. The molecule has 0 unspecified atom stereocenters. The Morgan fingerprint density at radius 1 is 1.15 bits per heavy atom. The number of aryl methyl sites for hydroxylation is 1. The normalized spacial score (nSPS) is 15.6. The maximum atomic E-state index is 13.4. The number of nitrogens with one attached hydrogen (secondary N) is 2. The standard InChI is InChI=1S/C29H37F3N4O3/c1-18-14-24(39-5)22(26(37)34-18)15-33-27(38)25-19(2)36(23-9-7-6-8-21(23)25)16-20-10-12-35(13-11-20)17-28(3,4)29(30,31)32/h6-9,14,20H,10-13,15-17H2,1-5H3,(H,33,38)(H,34,37). The van der Waals surface area contributed by atoms with Gasteiger partial charge in [-0.3, -0.25) is 9.59 Å². The summed E-state index contributed by atoms with van der Waals surface area (Å²) in [6, 6.07) is 9.42. The summed E-state index contributed by atoms with van der Waals surface area (Å²) in [6.07, 6.45) is -2.66. The van der Waals surface area contributed by atoms with Crippen molar-refractivity contribution in [2.45, 2.75) is 59.8 Å². The summed E-state index contributed by atoms with van der Waals surface area (Å²) in [4.78, 5) is 30.5. The number of alkyl halides is 3. The molecule has 0 atom stereocenters. The smallest absolute Gasteiger partial charge is 0.395 e. The number of likely N-dealkylation sites (tertiary alicyclic amines) is 1. The molecule has 2 aromatic heterocycles. The number of fused-ring (bicyclic) bond motifs is 1. The van der Waals surface area contributed by atoms with Crippen molar-refractivity contribution in [3.8, 4) is 5.75 Å². The van der Waals surface area contributed by atoms with Crippen molar-refractivity contribution < 1.29 is 22.7 Å². The average Bonchev–Trinajstić information content (AvgIpc) is 3.14. The number of aromatic nitrogens is 2. The van der Waals surface area contributed by atoms with Crippen LogP contribution < -0.4 is 15.6 Å². The predicted molar refractivity (Wildman–Crippen MR) is 145 cm³/mol. The van der Waals surface area contributed by atoms with Gasteiger partial charge in [-0.1, -0.05) is 18.2 Å². The number of hydrogen-bond donors (Lipinski definition) is 2. The molecule has 0 saturated carbocycles. The van der Waals surface area contributed by atoms with Crippen LogP contribution in [-0.4, -0.2) is 53.3 Å². The van der Waals surface area contributed by atoms with Gasteiger partial charge in [0.05, 0.1) is 30.2 Å². The highest BCUT2D eigenvalue weighted by atomic mass is 19.4. The van der Waals surface area contributed by atoms with Crippen molar-refractivity contribution in [2.24, 2.45) is 11.3 Å². The number of hydrogen-bond acceptors (Lipinski definition) is 4. The van der Waals surface area contributed by atoms with E-state index < -0.39 is 11.6 Å². The van der Waals surface area contributed by atoms with Gasteiger partial charge in [-0.15, -0.1) is 0 Å². The zero-order valence-electron chi connectivity index (χ0n) is 23.2. The number of carbonyl (C=O) groups excluding carboxylic acids is 1. The second-order valence-corrected chi connectivity index (χ2v) is 11.2. The van der Waals surface area contributed by atoms with Crippen LogP contribution in [0.15, 0.2) is 35.1 Å². The van der Waals surface area contributed by atoms with E-state index in [9.17, 15) is 22.8 Å². The number of pyridine rings is 1. The Morgan fingerprint density at radius 2 is 1.82 bits per heavy atom. The Labute approximate surface area is 226 Å². The molecule has 39 heavy (non-hydrogen) atoms. The number of amides is 1. The molecule has 2 N–H and O–H groups in total. The molecule has 212 valence electrons. The second-order valence-electron chi connectivity index (χ2n) is 11.2. The molecule has 1 amide bonds. The summed E-state index contributed by atoms with van der Waals surface area (Å²) in [5, 5.41) is 3.71. The van der Waals surface area contributed by atoms with Crippen LogP contribution in [0.25, 0.3) is 10.9 Å². The van der Waals surface area contributed by atoms with E-state index in [1.54, 1.807) is 13.0 Å². The van der Waals surface area contributed by atoms with E-state index in [0.29, 0.717) is 42.2 Å². The molecule has 1 saturated heterocycles. The highest BCUT2D eigenvalue weighted by Crippen LogP contribution is 2.39. The Bertz CT molecular complexity index is 1400. The second kappa shape index (κ2) is 11.1. The fourth-order valence-corrected chi connectivity index (χ4v) is 5.48. The first-order valence-electron chi connectivity index (χ1n) is 13.2.